The minimum absolute atomic E-state index is 0.184. The molecule has 5 heteroatoms. The van der Waals surface area contributed by atoms with Crippen molar-refractivity contribution in [3.05, 3.63) is 0 Å². The van der Waals surface area contributed by atoms with Crippen LogP contribution in [0.4, 0.5) is 0 Å². The zero-order valence-corrected chi connectivity index (χ0v) is 14.0. The standard InChI is InChI=1S/C16H32N4O/c1-16(14-15(21)17-2)4-6-19(7-5-16)12-13-20-10-8-18(3)9-11-20/h4-14H2,1-3H3,(H,17,21). The smallest absolute Gasteiger partial charge is 0.220 e. The molecule has 2 aliphatic rings. The van der Waals surface area contributed by atoms with Gasteiger partial charge in [-0.05, 0) is 38.4 Å². The second-order valence-electron chi connectivity index (χ2n) is 7.15. The van der Waals surface area contributed by atoms with Crippen LogP contribution in [0.2, 0.25) is 0 Å². The predicted molar refractivity (Wildman–Crippen MR) is 86.4 cm³/mol. The zero-order chi connectivity index (χ0) is 15.3. The van der Waals surface area contributed by atoms with E-state index in [9.17, 15) is 4.79 Å². The van der Waals surface area contributed by atoms with E-state index < -0.39 is 0 Å². The lowest BCUT2D eigenvalue weighted by Gasteiger charge is -2.40. The van der Waals surface area contributed by atoms with Crippen molar-refractivity contribution in [1.82, 2.24) is 20.0 Å². The highest BCUT2D eigenvalue weighted by atomic mass is 16.1. The number of likely N-dealkylation sites (tertiary alicyclic amines) is 1. The highest BCUT2D eigenvalue weighted by Crippen LogP contribution is 2.34. The van der Waals surface area contributed by atoms with Gasteiger partial charge in [0.25, 0.3) is 0 Å². The monoisotopic (exact) mass is 296 g/mol. The summed E-state index contributed by atoms with van der Waals surface area (Å²) in [5.74, 6) is 0.184. The van der Waals surface area contributed by atoms with Gasteiger partial charge in [0, 0.05) is 52.7 Å². The van der Waals surface area contributed by atoms with E-state index in [1.54, 1.807) is 7.05 Å². The Morgan fingerprint density at radius 2 is 1.52 bits per heavy atom. The number of piperidine rings is 1. The molecule has 0 bridgehead atoms. The second-order valence-corrected chi connectivity index (χ2v) is 7.15. The lowest BCUT2D eigenvalue weighted by Crippen LogP contribution is -2.48. The van der Waals surface area contributed by atoms with Gasteiger partial charge >= 0.3 is 0 Å². The summed E-state index contributed by atoms with van der Waals surface area (Å²) in [6.07, 6.45) is 2.96. The summed E-state index contributed by atoms with van der Waals surface area (Å²) in [7, 11) is 3.94. The summed E-state index contributed by atoms with van der Waals surface area (Å²) in [5.41, 5.74) is 0.199. The molecule has 2 fully saturated rings. The lowest BCUT2D eigenvalue weighted by atomic mass is 9.77. The van der Waals surface area contributed by atoms with Gasteiger partial charge in [0.15, 0.2) is 0 Å². The molecule has 0 saturated carbocycles. The van der Waals surface area contributed by atoms with Crippen LogP contribution in [0.25, 0.3) is 0 Å². The summed E-state index contributed by atoms with van der Waals surface area (Å²) in [6, 6.07) is 0. The van der Waals surface area contributed by atoms with Gasteiger partial charge < -0.3 is 15.1 Å². The number of carbonyl (C=O) groups excluding carboxylic acids is 1. The molecule has 2 aliphatic heterocycles. The molecule has 2 heterocycles. The molecule has 0 atom stereocenters. The third-order valence-electron chi connectivity index (χ3n) is 5.26. The Kier molecular flexibility index (Phi) is 6.02. The quantitative estimate of drug-likeness (QED) is 0.801. The Bertz CT molecular complexity index is 331. The maximum absolute atomic E-state index is 11.6. The highest BCUT2D eigenvalue weighted by Gasteiger charge is 2.31. The molecule has 5 nitrogen and oxygen atoms in total. The Balaban J connectivity index is 1.66. The van der Waals surface area contributed by atoms with E-state index in [2.05, 4.69) is 34.0 Å². The van der Waals surface area contributed by atoms with E-state index in [1.807, 2.05) is 0 Å². The average molecular weight is 296 g/mol. The topological polar surface area (TPSA) is 38.8 Å². The van der Waals surface area contributed by atoms with E-state index in [0.29, 0.717) is 6.42 Å². The number of hydrogen-bond donors (Lipinski definition) is 1. The maximum atomic E-state index is 11.6. The number of likely N-dealkylation sites (N-methyl/N-ethyl adjacent to an activating group) is 1. The van der Waals surface area contributed by atoms with Crippen LogP contribution >= 0.6 is 0 Å². The summed E-state index contributed by atoms with van der Waals surface area (Å²) in [5, 5.41) is 2.76. The molecule has 0 aromatic heterocycles. The molecule has 0 aliphatic carbocycles. The van der Waals surface area contributed by atoms with Crippen molar-refractivity contribution in [2.24, 2.45) is 5.41 Å². The molecule has 122 valence electrons. The molecule has 0 aromatic rings. The van der Waals surface area contributed by atoms with Crippen LogP contribution in [-0.2, 0) is 4.79 Å². The van der Waals surface area contributed by atoms with Crippen molar-refractivity contribution in [3.63, 3.8) is 0 Å². The van der Waals surface area contributed by atoms with E-state index in [1.165, 1.54) is 39.3 Å². The molecule has 0 aromatic carbocycles. The molecule has 1 amide bonds. The van der Waals surface area contributed by atoms with Crippen LogP contribution < -0.4 is 5.32 Å². The summed E-state index contributed by atoms with van der Waals surface area (Å²) >= 11 is 0. The van der Waals surface area contributed by atoms with Crippen molar-refractivity contribution < 1.29 is 4.79 Å². The first kappa shape index (κ1) is 16.7. The molecule has 1 N–H and O–H groups in total. The number of piperazine rings is 1. The third kappa shape index (κ3) is 5.24. The summed E-state index contributed by atoms with van der Waals surface area (Å²) in [6.45, 7) is 11.7. The molecule has 0 spiro atoms. The first-order chi connectivity index (χ1) is 10.0. The SMILES string of the molecule is CNC(=O)CC1(C)CCN(CCN2CCN(C)CC2)CC1. The second kappa shape index (κ2) is 7.56. The Morgan fingerprint density at radius 3 is 2.05 bits per heavy atom. The van der Waals surface area contributed by atoms with Gasteiger partial charge in [0.2, 0.25) is 5.91 Å². The van der Waals surface area contributed by atoms with Gasteiger partial charge in [-0.15, -0.1) is 0 Å². The fourth-order valence-corrected chi connectivity index (χ4v) is 3.32. The molecule has 0 unspecified atom stereocenters. The van der Waals surface area contributed by atoms with Crippen LogP contribution in [0.3, 0.4) is 0 Å². The maximum Gasteiger partial charge on any atom is 0.220 e. The molecule has 0 radical (unpaired) electrons. The Labute approximate surface area is 129 Å². The lowest BCUT2D eigenvalue weighted by molar-refractivity contribution is -0.123. The van der Waals surface area contributed by atoms with Crippen LogP contribution in [0.15, 0.2) is 0 Å². The minimum Gasteiger partial charge on any atom is -0.359 e. The molecule has 21 heavy (non-hydrogen) atoms. The highest BCUT2D eigenvalue weighted by molar-refractivity contribution is 5.76. The van der Waals surface area contributed by atoms with Gasteiger partial charge in [-0.25, -0.2) is 0 Å². The minimum atomic E-state index is 0.184. The van der Waals surface area contributed by atoms with Crippen molar-refractivity contribution in [3.8, 4) is 0 Å². The third-order valence-corrected chi connectivity index (χ3v) is 5.26. The Morgan fingerprint density at radius 1 is 1.00 bits per heavy atom. The average Bonchev–Trinajstić information content (AvgIpc) is 2.48. The molecular weight excluding hydrogens is 264 g/mol. The van der Waals surface area contributed by atoms with E-state index >= 15 is 0 Å². The van der Waals surface area contributed by atoms with E-state index in [0.717, 1.165) is 25.9 Å². The largest absolute Gasteiger partial charge is 0.359 e. The van der Waals surface area contributed by atoms with Crippen molar-refractivity contribution in [2.75, 3.05) is 66.5 Å². The molecule has 2 saturated heterocycles. The van der Waals surface area contributed by atoms with E-state index in [-0.39, 0.29) is 11.3 Å². The van der Waals surface area contributed by atoms with Crippen LogP contribution in [-0.4, -0.2) is 87.1 Å². The number of carbonyl (C=O) groups is 1. The fourth-order valence-electron chi connectivity index (χ4n) is 3.32. The first-order valence-corrected chi connectivity index (χ1v) is 8.35. The number of amides is 1. The molecular formula is C16H32N4O. The number of nitrogens with one attached hydrogen (secondary N) is 1. The van der Waals surface area contributed by atoms with Gasteiger partial charge in [-0.2, -0.15) is 0 Å². The van der Waals surface area contributed by atoms with Gasteiger partial charge in [-0.1, -0.05) is 6.92 Å². The predicted octanol–water partition coefficient (Wildman–Crippen LogP) is 0.472. The normalized spacial score (nSPS) is 24.9. The number of hydrogen-bond acceptors (Lipinski definition) is 4. The van der Waals surface area contributed by atoms with Crippen molar-refractivity contribution >= 4 is 5.91 Å². The van der Waals surface area contributed by atoms with Crippen LogP contribution in [0.1, 0.15) is 26.2 Å². The number of nitrogens with zero attached hydrogens (tertiary/aromatic N) is 3. The Hall–Kier alpha value is -0.650. The van der Waals surface area contributed by atoms with E-state index in [4.69, 9.17) is 0 Å². The first-order valence-electron chi connectivity index (χ1n) is 8.35. The van der Waals surface area contributed by atoms with Gasteiger partial charge in [0.1, 0.15) is 0 Å². The van der Waals surface area contributed by atoms with Crippen LogP contribution in [0, 0.1) is 5.41 Å². The van der Waals surface area contributed by atoms with Crippen LogP contribution in [0.5, 0.6) is 0 Å². The van der Waals surface area contributed by atoms with Gasteiger partial charge in [-0.3, -0.25) is 9.69 Å². The summed E-state index contributed by atoms with van der Waals surface area (Å²) in [4.78, 5) is 19.1. The number of rotatable bonds is 5. The van der Waals surface area contributed by atoms with Crippen molar-refractivity contribution in [1.29, 1.82) is 0 Å². The van der Waals surface area contributed by atoms with Crippen molar-refractivity contribution in [2.45, 2.75) is 26.2 Å². The zero-order valence-electron chi connectivity index (χ0n) is 14.0. The summed E-state index contributed by atoms with van der Waals surface area (Å²) < 4.78 is 0. The van der Waals surface area contributed by atoms with Gasteiger partial charge in [0.05, 0.1) is 0 Å². The molecule has 2 rings (SSSR count). The fraction of sp³-hybridized carbons (Fsp3) is 0.938.